The summed E-state index contributed by atoms with van der Waals surface area (Å²) in [7, 11) is -4.41. The molecule has 1 heterocycles. The summed E-state index contributed by atoms with van der Waals surface area (Å²) in [6, 6.07) is 0. The van der Waals surface area contributed by atoms with Crippen molar-refractivity contribution in [3.05, 3.63) is 0 Å². The fourth-order valence-electron chi connectivity index (χ4n) is 1.56. The monoisotopic (exact) mass is 258 g/mol. The van der Waals surface area contributed by atoms with Gasteiger partial charge in [0.25, 0.3) is 0 Å². The Morgan fingerprint density at radius 2 is 1.50 bits per heavy atom. The molecule has 1 saturated heterocycles. The van der Waals surface area contributed by atoms with Gasteiger partial charge in [0.2, 0.25) is 0 Å². The highest BCUT2D eigenvalue weighted by atomic mass is 31.2. The maximum absolute atomic E-state index is 10.7. The molecule has 0 aromatic heterocycles. The minimum Gasteiger partial charge on any atom is -0.394 e. The maximum atomic E-state index is 10.7. The molecule has 5 atom stereocenters. The van der Waals surface area contributed by atoms with Gasteiger partial charge in [0.1, 0.15) is 24.4 Å². The van der Waals surface area contributed by atoms with Gasteiger partial charge in [-0.15, -0.1) is 0 Å². The highest BCUT2D eigenvalue weighted by molar-refractivity contribution is 7.51. The van der Waals surface area contributed by atoms with Crippen molar-refractivity contribution >= 4 is 7.60 Å². The number of ether oxygens (including phenoxy) is 1. The lowest BCUT2D eigenvalue weighted by Crippen LogP contribution is -2.59. The quantitative estimate of drug-likeness (QED) is 0.293. The van der Waals surface area contributed by atoms with Gasteiger partial charge in [0, 0.05) is 0 Å². The summed E-state index contributed by atoms with van der Waals surface area (Å²) in [6.07, 6.45) is -7.98. The summed E-state index contributed by atoms with van der Waals surface area (Å²) in [5, 5.41) is 36.9. The molecular weight excluding hydrogens is 243 g/mol. The van der Waals surface area contributed by atoms with Crippen molar-refractivity contribution in [2.45, 2.75) is 30.5 Å². The molecule has 1 fully saturated rings. The van der Waals surface area contributed by atoms with Crippen LogP contribution in [0.3, 0.4) is 0 Å². The first-order valence-electron chi connectivity index (χ1n) is 4.61. The zero-order valence-corrected chi connectivity index (χ0v) is 9.14. The highest BCUT2D eigenvalue weighted by Crippen LogP contribution is 2.38. The number of rotatable bonds is 3. The van der Waals surface area contributed by atoms with Gasteiger partial charge in [-0.3, -0.25) is 4.57 Å². The molecule has 0 bridgehead atoms. The van der Waals surface area contributed by atoms with Crippen LogP contribution in [0.25, 0.3) is 0 Å². The SMILES string of the molecule is O=P(O)(O)C[C@H]1O[C@H](CO)[C@H](O)[C@H](O)[C@H]1O. The van der Waals surface area contributed by atoms with E-state index in [4.69, 9.17) is 19.6 Å². The number of aliphatic hydroxyl groups excluding tert-OH is 4. The summed E-state index contributed by atoms with van der Waals surface area (Å²) in [5.41, 5.74) is 0. The first-order valence-corrected chi connectivity index (χ1v) is 6.41. The van der Waals surface area contributed by atoms with Crippen LogP contribution < -0.4 is 0 Å². The van der Waals surface area contributed by atoms with Gasteiger partial charge < -0.3 is 34.9 Å². The molecular formula is C7H15O8P. The Hall–Kier alpha value is -0.0500. The van der Waals surface area contributed by atoms with Crippen LogP contribution in [0.15, 0.2) is 0 Å². The minimum absolute atomic E-state index is 0.622. The molecule has 6 N–H and O–H groups in total. The average molecular weight is 258 g/mol. The Morgan fingerprint density at radius 3 is 1.94 bits per heavy atom. The summed E-state index contributed by atoms with van der Waals surface area (Å²) in [6.45, 7) is -0.622. The largest absolute Gasteiger partial charge is 0.394 e. The highest BCUT2D eigenvalue weighted by Gasteiger charge is 2.45. The molecule has 9 heteroatoms. The van der Waals surface area contributed by atoms with Crippen molar-refractivity contribution in [3.63, 3.8) is 0 Å². The summed E-state index contributed by atoms with van der Waals surface area (Å²) < 4.78 is 15.6. The second-order valence-electron chi connectivity index (χ2n) is 3.71. The number of hydrogen-bond acceptors (Lipinski definition) is 6. The normalized spacial score (nSPS) is 41.0. The topological polar surface area (TPSA) is 148 Å². The van der Waals surface area contributed by atoms with Gasteiger partial charge in [-0.05, 0) is 0 Å². The molecule has 8 nitrogen and oxygen atoms in total. The summed E-state index contributed by atoms with van der Waals surface area (Å²) in [4.78, 5) is 17.4. The molecule has 1 rings (SSSR count). The Bertz CT molecular complexity index is 276. The van der Waals surface area contributed by atoms with Gasteiger partial charge in [-0.25, -0.2) is 0 Å². The van der Waals surface area contributed by atoms with E-state index in [2.05, 4.69) is 0 Å². The van der Waals surface area contributed by atoms with E-state index in [1.807, 2.05) is 0 Å². The van der Waals surface area contributed by atoms with Crippen LogP contribution in [-0.4, -0.2) is 73.5 Å². The third-order valence-corrected chi connectivity index (χ3v) is 3.24. The maximum Gasteiger partial charge on any atom is 0.328 e. The van der Waals surface area contributed by atoms with Crippen molar-refractivity contribution in [2.24, 2.45) is 0 Å². The molecule has 96 valence electrons. The van der Waals surface area contributed by atoms with Gasteiger partial charge in [0.15, 0.2) is 0 Å². The van der Waals surface area contributed by atoms with Crippen molar-refractivity contribution in [1.82, 2.24) is 0 Å². The van der Waals surface area contributed by atoms with Gasteiger partial charge in [-0.2, -0.15) is 0 Å². The second kappa shape index (κ2) is 5.07. The molecule has 0 spiro atoms. The molecule has 16 heavy (non-hydrogen) atoms. The average Bonchev–Trinajstić information content (AvgIpc) is 2.17. The lowest BCUT2D eigenvalue weighted by molar-refractivity contribution is -0.223. The Balaban J connectivity index is 2.75. The number of hydrogen-bond donors (Lipinski definition) is 6. The van der Waals surface area contributed by atoms with E-state index in [9.17, 15) is 19.9 Å². The van der Waals surface area contributed by atoms with Crippen molar-refractivity contribution in [3.8, 4) is 0 Å². The summed E-state index contributed by atoms with van der Waals surface area (Å²) in [5.74, 6) is 0. The van der Waals surface area contributed by atoms with Crippen LogP contribution >= 0.6 is 7.60 Å². The van der Waals surface area contributed by atoms with E-state index >= 15 is 0 Å². The second-order valence-corrected chi connectivity index (χ2v) is 5.41. The van der Waals surface area contributed by atoms with Crippen LogP contribution in [0.4, 0.5) is 0 Å². The first-order chi connectivity index (χ1) is 7.26. The molecule has 0 aromatic rings. The van der Waals surface area contributed by atoms with Crippen LogP contribution in [0.1, 0.15) is 0 Å². The smallest absolute Gasteiger partial charge is 0.328 e. The van der Waals surface area contributed by atoms with E-state index in [0.717, 1.165) is 0 Å². The Kier molecular flexibility index (Phi) is 4.44. The van der Waals surface area contributed by atoms with Gasteiger partial charge >= 0.3 is 7.60 Å². The minimum atomic E-state index is -4.41. The number of aliphatic hydroxyl groups is 4. The zero-order valence-electron chi connectivity index (χ0n) is 8.25. The molecule has 1 aliphatic rings. The van der Waals surface area contributed by atoms with Crippen molar-refractivity contribution in [1.29, 1.82) is 0 Å². The molecule has 1 aliphatic heterocycles. The summed E-state index contributed by atoms with van der Waals surface area (Å²) >= 11 is 0. The standard InChI is InChI=1S/C7H15O8P/c8-1-3-5(9)7(11)6(10)4(15-3)2-16(12,13)14/h3-11H,1-2H2,(H2,12,13,14)/t3-,4-,5+,6+,7+/m1/s1. The van der Waals surface area contributed by atoms with Crippen molar-refractivity contribution < 1.29 is 39.5 Å². The van der Waals surface area contributed by atoms with E-state index in [-0.39, 0.29) is 0 Å². The van der Waals surface area contributed by atoms with Crippen LogP contribution in [0.5, 0.6) is 0 Å². The Labute approximate surface area is 91.3 Å². The molecule has 0 aromatic carbocycles. The van der Waals surface area contributed by atoms with Gasteiger partial charge in [-0.1, -0.05) is 0 Å². The third-order valence-electron chi connectivity index (χ3n) is 2.41. The lowest BCUT2D eigenvalue weighted by Gasteiger charge is -2.40. The zero-order chi connectivity index (χ0) is 12.5. The fourth-order valence-corrected chi connectivity index (χ4v) is 2.33. The molecule has 0 amide bonds. The van der Waals surface area contributed by atoms with E-state index in [1.54, 1.807) is 0 Å². The van der Waals surface area contributed by atoms with Crippen molar-refractivity contribution in [2.75, 3.05) is 12.8 Å². The predicted octanol–water partition coefficient (Wildman–Crippen LogP) is -2.99. The Morgan fingerprint density at radius 1 is 1.00 bits per heavy atom. The lowest BCUT2D eigenvalue weighted by atomic mass is 9.96. The molecule has 0 radical (unpaired) electrons. The molecule has 0 aliphatic carbocycles. The van der Waals surface area contributed by atoms with E-state index < -0.39 is 50.9 Å². The third kappa shape index (κ3) is 3.22. The van der Waals surface area contributed by atoms with Crippen LogP contribution in [0, 0.1) is 0 Å². The van der Waals surface area contributed by atoms with Crippen LogP contribution in [0.2, 0.25) is 0 Å². The first kappa shape index (κ1) is 14.0. The molecule has 0 saturated carbocycles. The van der Waals surface area contributed by atoms with E-state index in [1.165, 1.54) is 0 Å². The van der Waals surface area contributed by atoms with Crippen LogP contribution in [-0.2, 0) is 9.30 Å². The fraction of sp³-hybridized carbons (Fsp3) is 1.00. The van der Waals surface area contributed by atoms with Gasteiger partial charge in [0.05, 0.1) is 18.9 Å². The molecule has 0 unspecified atom stereocenters. The van der Waals surface area contributed by atoms with E-state index in [0.29, 0.717) is 0 Å². The predicted molar refractivity (Wildman–Crippen MR) is 50.7 cm³/mol.